The molecule has 1 aliphatic carbocycles. The van der Waals surface area contributed by atoms with Gasteiger partial charge in [-0.2, -0.15) is 0 Å². The van der Waals surface area contributed by atoms with Gasteiger partial charge >= 0.3 is 0 Å². The molecule has 0 bridgehead atoms. The van der Waals surface area contributed by atoms with E-state index in [-0.39, 0.29) is 5.56 Å². The van der Waals surface area contributed by atoms with Crippen molar-refractivity contribution in [3.63, 3.8) is 0 Å². The van der Waals surface area contributed by atoms with E-state index in [1.54, 1.807) is 17.4 Å². The molecule has 0 atom stereocenters. The Hall–Kier alpha value is -2.40. The minimum Gasteiger partial charge on any atom is -0.337 e. The minimum absolute atomic E-state index is 0.105. The molecule has 4 nitrogen and oxygen atoms in total. The van der Waals surface area contributed by atoms with Gasteiger partial charge in [0.25, 0.3) is 5.56 Å². The highest BCUT2D eigenvalue weighted by atomic mass is 32.1. The highest BCUT2D eigenvalue weighted by molar-refractivity contribution is 7.18. The van der Waals surface area contributed by atoms with Crippen LogP contribution < -0.4 is 10.5 Å². The topological polar surface area (TPSA) is 38.1 Å². The van der Waals surface area contributed by atoms with Gasteiger partial charge in [0.05, 0.1) is 5.39 Å². The number of thiophene rings is 1. The van der Waals surface area contributed by atoms with Crippen molar-refractivity contribution in [1.82, 2.24) is 9.55 Å². The zero-order valence-electron chi connectivity index (χ0n) is 15.4. The standard InChI is InChI=1S/C22H23N3OS/c1-2-12-25-21(26)19-17-9-5-6-10-18(17)27-20(19)23-22(25)24-13-11-15-7-3-4-8-16(15)14-24/h2-4,7-8H,1,5-6,9-14H2. The maximum atomic E-state index is 13.4. The summed E-state index contributed by atoms with van der Waals surface area (Å²) in [5.41, 5.74) is 4.09. The van der Waals surface area contributed by atoms with E-state index in [1.165, 1.54) is 34.4 Å². The van der Waals surface area contributed by atoms with Gasteiger partial charge in [0, 0.05) is 24.5 Å². The van der Waals surface area contributed by atoms with Gasteiger partial charge in [-0.15, -0.1) is 17.9 Å². The van der Waals surface area contributed by atoms with E-state index in [0.717, 1.165) is 48.5 Å². The van der Waals surface area contributed by atoms with E-state index in [2.05, 4.69) is 35.7 Å². The molecular formula is C22H23N3OS. The molecule has 2 aromatic heterocycles. The monoisotopic (exact) mass is 377 g/mol. The molecule has 0 amide bonds. The second-order valence-electron chi connectivity index (χ2n) is 7.45. The number of aromatic nitrogens is 2. The first-order chi connectivity index (χ1) is 13.3. The molecule has 1 aliphatic heterocycles. The van der Waals surface area contributed by atoms with Crippen LogP contribution in [0.15, 0.2) is 41.7 Å². The van der Waals surface area contributed by atoms with Gasteiger partial charge in [0.2, 0.25) is 5.95 Å². The number of benzene rings is 1. The fourth-order valence-electron chi connectivity index (χ4n) is 4.43. The van der Waals surface area contributed by atoms with Crippen molar-refractivity contribution in [1.29, 1.82) is 0 Å². The number of anilines is 1. The summed E-state index contributed by atoms with van der Waals surface area (Å²) in [6.45, 7) is 6.06. The second-order valence-corrected chi connectivity index (χ2v) is 8.53. The highest BCUT2D eigenvalue weighted by Gasteiger charge is 2.25. The number of fused-ring (bicyclic) bond motifs is 4. The van der Waals surface area contributed by atoms with Crippen LogP contribution >= 0.6 is 11.3 Å². The Balaban J connectivity index is 1.67. The van der Waals surface area contributed by atoms with E-state index in [4.69, 9.17) is 4.98 Å². The molecule has 27 heavy (non-hydrogen) atoms. The third kappa shape index (κ3) is 2.72. The number of allylic oxidation sites excluding steroid dienone is 1. The molecule has 0 radical (unpaired) electrons. The molecule has 0 spiro atoms. The van der Waals surface area contributed by atoms with E-state index < -0.39 is 0 Å². The molecule has 2 aliphatic rings. The van der Waals surface area contributed by atoms with Gasteiger partial charge in [-0.3, -0.25) is 9.36 Å². The molecule has 0 unspecified atom stereocenters. The van der Waals surface area contributed by atoms with Crippen LogP contribution in [-0.2, 0) is 32.4 Å². The van der Waals surface area contributed by atoms with Gasteiger partial charge in [-0.25, -0.2) is 4.98 Å². The van der Waals surface area contributed by atoms with Crippen LogP contribution in [-0.4, -0.2) is 16.1 Å². The average Bonchev–Trinajstić information content (AvgIpc) is 3.08. The summed E-state index contributed by atoms with van der Waals surface area (Å²) in [5, 5.41) is 0.859. The molecule has 5 rings (SSSR count). The molecular weight excluding hydrogens is 354 g/mol. The van der Waals surface area contributed by atoms with E-state index in [1.807, 2.05) is 4.57 Å². The predicted molar refractivity (Wildman–Crippen MR) is 112 cm³/mol. The van der Waals surface area contributed by atoms with Crippen LogP contribution in [0.2, 0.25) is 0 Å². The Bertz CT molecular complexity index is 1090. The Morgan fingerprint density at radius 3 is 2.81 bits per heavy atom. The summed E-state index contributed by atoms with van der Waals surface area (Å²) in [4.78, 5) is 23.0. The quantitative estimate of drug-likeness (QED) is 0.646. The van der Waals surface area contributed by atoms with Gasteiger partial charge < -0.3 is 4.90 Å². The number of aryl methyl sites for hydroxylation is 2. The van der Waals surface area contributed by atoms with Crippen LogP contribution in [0.3, 0.4) is 0 Å². The number of hydrogen-bond donors (Lipinski definition) is 0. The largest absolute Gasteiger partial charge is 0.337 e. The third-order valence-corrected chi connectivity index (χ3v) is 6.97. The number of hydrogen-bond acceptors (Lipinski definition) is 4. The van der Waals surface area contributed by atoms with Crippen molar-refractivity contribution in [2.75, 3.05) is 11.4 Å². The summed E-state index contributed by atoms with van der Waals surface area (Å²) in [6.07, 6.45) is 7.27. The van der Waals surface area contributed by atoms with Crippen molar-refractivity contribution < 1.29 is 0 Å². The zero-order valence-corrected chi connectivity index (χ0v) is 16.2. The van der Waals surface area contributed by atoms with Gasteiger partial charge in [-0.1, -0.05) is 30.3 Å². The Kier molecular flexibility index (Phi) is 4.12. The van der Waals surface area contributed by atoms with Gasteiger partial charge in [0.15, 0.2) is 0 Å². The second kappa shape index (κ2) is 6.64. The van der Waals surface area contributed by atoms with Crippen molar-refractivity contribution in [2.45, 2.75) is 45.2 Å². The first-order valence-corrected chi connectivity index (χ1v) is 10.6. The minimum atomic E-state index is 0.105. The first-order valence-electron chi connectivity index (χ1n) is 9.74. The molecule has 0 N–H and O–H groups in total. The normalized spacial score (nSPS) is 16.2. The molecule has 3 heterocycles. The maximum absolute atomic E-state index is 13.4. The van der Waals surface area contributed by atoms with Crippen molar-refractivity contribution in [2.24, 2.45) is 0 Å². The lowest BCUT2D eigenvalue weighted by Crippen LogP contribution is -2.36. The molecule has 0 saturated heterocycles. The van der Waals surface area contributed by atoms with Crippen LogP contribution in [0.25, 0.3) is 10.2 Å². The highest BCUT2D eigenvalue weighted by Crippen LogP contribution is 2.35. The Morgan fingerprint density at radius 2 is 1.96 bits per heavy atom. The molecule has 138 valence electrons. The SMILES string of the molecule is C=CCn1c(N2CCc3ccccc3C2)nc2sc3c(c2c1=O)CCCC3. The average molecular weight is 378 g/mol. The summed E-state index contributed by atoms with van der Waals surface area (Å²) >= 11 is 1.73. The van der Waals surface area contributed by atoms with Crippen LogP contribution in [0.1, 0.15) is 34.4 Å². The molecule has 1 aromatic carbocycles. The van der Waals surface area contributed by atoms with E-state index in [0.29, 0.717) is 6.54 Å². The number of rotatable bonds is 3. The predicted octanol–water partition coefficient (Wildman–Crippen LogP) is 4.09. The van der Waals surface area contributed by atoms with Gasteiger partial charge in [-0.05, 0) is 48.8 Å². The third-order valence-electron chi connectivity index (χ3n) is 5.78. The smallest absolute Gasteiger partial charge is 0.264 e. The fraction of sp³-hybridized carbons (Fsp3) is 0.364. The van der Waals surface area contributed by atoms with Gasteiger partial charge in [0.1, 0.15) is 4.83 Å². The lowest BCUT2D eigenvalue weighted by atomic mass is 9.97. The van der Waals surface area contributed by atoms with E-state index >= 15 is 0 Å². The lowest BCUT2D eigenvalue weighted by Gasteiger charge is -2.31. The molecule has 0 saturated carbocycles. The molecule has 3 aromatic rings. The summed E-state index contributed by atoms with van der Waals surface area (Å²) in [5.74, 6) is 0.792. The van der Waals surface area contributed by atoms with Crippen LogP contribution in [0.5, 0.6) is 0 Å². The molecule has 0 fully saturated rings. The number of nitrogens with zero attached hydrogens (tertiary/aromatic N) is 3. The first kappa shape index (κ1) is 16.8. The zero-order chi connectivity index (χ0) is 18.4. The fourth-order valence-corrected chi connectivity index (χ4v) is 5.68. The van der Waals surface area contributed by atoms with Crippen LogP contribution in [0, 0.1) is 0 Å². The summed E-state index contributed by atoms with van der Waals surface area (Å²) < 4.78 is 1.82. The summed E-state index contributed by atoms with van der Waals surface area (Å²) in [7, 11) is 0. The summed E-state index contributed by atoms with van der Waals surface area (Å²) in [6, 6.07) is 8.57. The van der Waals surface area contributed by atoms with Crippen molar-refractivity contribution >= 4 is 27.5 Å². The Labute approximate surface area is 162 Å². The maximum Gasteiger partial charge on any atom is 0.264 e. The lowest BCUT2D eigenvalue weighted by molar-refractivity contribution is 0.656. The van der Waals surface area contributed by atoms with Crippen molar-refractivity contribution in [3.05, 3.63) is 68.8 Å². The molecule has 5 heteroatoms. The van der Waals surface area contributed by atoms with Crippen LogP contribution in [0.4, 0.5) is 5.95 Å². The Morgan fingerprint density at radius 1 is 1.15 bits per heavy atom. The van der Waals surface area contributed by atoms with Crippen molar-refractivity contribution in [3.8, 4) is 0 Å². The van der Waals surface area contributed by atoms with E-state index in [9.17, 15) is 4.79 Å².